The highest BCUT2D eigenvalue weighted by molar-refractivity contribution is 6.21. The molecule has 0 aromatic carbocycles. The van der Waals surface area contributed by atoms with Gasteiger partial charge in [0.15, 0.2) is 6.67 Å². The van der Waals surface area contributed by atoms with Crippen LogP contribution in [0.4, 0.5) is 4.39 Å². The fourth-order valence-electron chi connectivity index (χ4n) is 0.0398. The molecule has 0 saturated heterocycles. The van der Waals surface area contributed by atoms with Gasteiger partial charge in [-0.3, -0.25) is 0 Å². The zero-order chi connectivity index (χ0) is 4.99. The Morgan fingerprint density at radius 1 is 2.00 bits per heavy atom. The summed E-state index contributed by atoms with van der Waals surface area (Å²) in [4.78, 5) is 2.90. The van der Waals surface area contributed by atoms with Crippen LogP contribution in [0.25, 0.3) is 4.85 Å². The fraction of sp³-hybridized carbons (Fsp3) is 0.667. The first-order chi connectivity index (χ1) is 2.81. The van der Waals surface area contributed by atoms with Gasteiger partial charge in [0.2, 0.25) is 0 Å². The molecule has 1 nitrogen and oxygen atoms in total. The van der Waals surface area contributed by atoms with Crippen molar-refractivity contribution >= 4 is 11.6 Å². The summed E-state index contributed by atoms with van der Waals surface area (Å²) >= 11 is 4.98. The highest BCUT2D eigenvalue weighted by Crippen LogP contribution is 1.94. The summed E-state index contributed by atoms with van der Waals surface area (Å²) in [5.41, 5.74) is -0.856. The van der Waals surface area contributed by atoms with Gasteiger partial charge in [0.05, 0.1) is 0 Å². The Morgan fingerprint density at radius 3 is 2.50 bits per heavy atom. The standard InChI is InChI=1S/C3H4ClFN/c1-6-3(4)2-5/h1,3H,2H2/q+1. The molecule has 1 unspecified atom stereocenters. The number of hydrogen-bond donors (Lipinski definition) is 0. The van der Waals surface area contributed by atoms with Gasteiger partial charge in [-0.1, -0.05) is 4.85 Å². The molecule has 0 N–H and O–H groups in total. The molecule has 0 heterocycles. The molecule has 34 valence electrons. The number of alkyl halides is 2. The van der Waals surface area contributed by atoms with Crippen molar-refractivity contribution in [1.29, 1.82) is 0 Å². The van der Waals surface area contributed by atoms with E-state index in [4.69, 9.17) is 11.6 Å². The lowest BCUT2D eigenvalue weighted by molar-refractivity contribution is 0.504. The predicted molar refractivity (Wildman–Crippen MR) is 23.9 cm³/mol. The van der Waals surface area contributed by atoms with Crippen LogP contribution in [0.5, 0.6) is 0 Å². The maximum Gasteiger partial charge on any atom is 0.373 e. The highest BCUT2D eigenvalue weighted by atomic mass is 35.5. The fourth-order valence-corrected chi connectivity index (χ4v) is 0.0398. The number of halogens is 2. The highest BCUT2D eigenvalue weighted by Gasteiger charge is 2.06. The molecule has 0 amide bonds. The Morgan fingerprint density at radius 2 is 2.50 bits per heavy atom. The Kier molecular flexibility index (Phi) is 2.78. The van der Waals surface area contributed by atoms with Crippen molar-refractivity contribution in [3.63, 3.8) is 0 Å². The molecule has 3 heteroatoms. The van der Waals surface area contributed by atoms with Gasteiger partial charge in [-0.05, 0) is 11.6 Å². The van der Waals surface area contributed by atoms with Crippen molar-refractivity contribution in [3.05, 3.63) is 4.85 Å². The van der Waals surface area contributed by atoms with Crippen LogP contribution in [-0.4, -0.2) is 12.2 Å². The van der Waals surface area contributed by atoms with Gasteiger partial charge in [0.25, 0.3) is 6.57 Å². The summed E-state index contributed by atoms with van der Waals surface area (Å²) in [5, 5.41) is 0. The van der Waals surface area contributed by atoms with Crippen molar-refractivity contribution in [2.45, 2.75) is 5.50 Å². The molecule has 0 spiro atoms. The number of hydrogen-bond acceptors (Lipinski definition) is 0. The van der Waals surface area contributed by atoms with Crippen LogP contribution in [0.2, 0.25) is 0 Å². The van der Waals surface area contributed by atoms with Gasteiger partial charge >= 0.3 is 5.50 Å². The summed E-state index contributed by atoms with van der Waals surface area (Å²) in [5.74, 6) is 0. The molecular weight excluding hydrogens is 104 g/mol. The average Bonchev–Trinajstić information content (AvgIpc) is 1.65. The Bertz CT molecular complexity index is 67.7. The predicted octanol–water partition coefficient (Wildman–Crippen LogP) is 1.48. The molecule has 6 heavy (non-hydrogen) atoms. The minimum atomic E-state index is -0.856. The topological polar surface area (TPSA) is 4.36 Å². The van der Waals surface area contributed by atoms with Crippen molar-refractivity contribution in [3.8, 4) is 6.57 Å². The second kappa shape index (κ2) is 2.92. The quantitative estimate of drug-likeness (QED) is 0.354. The molecule has 0 aliphatic rings. The number of rotatable bonds is 1. The Hall–Kier alpha value is -0.290. The first-order valence-electron chi connectivity index (χ1n) is 1.41. The SMILES string of the molecule is C#[N+]C(Cl)CF. The van der Waals surface area contributed by atoms with E-state index in [0.29, 0.717) is 0 Å². The molecule has 0 aromatic rings. The molecule has 0 saturated carbocycles. The van der Waals surface area contributed by atoms with E-state index in [1.807, 2.05) is 0 Å². The maximum atomic E-state index is 11.1. The van der Waals surface area contributed by atoms with Gasteiger partial charge < -0.3 is 0 Å². The largest absolute Gasteiger partial charge is 0.373 e. The van der Waals surface area contributed by atoms with E-state index in [1.165, 1.54) is 0 Å². The lowest BCUT2D eigenvalue weighted by atomic mass is 10.8. The normalized spacial score (nSPS) is 12.8. The average molecular weight is 109 g/mol. The van der Waals surface area contributed by atoms with Crippen molar-refractivity contribution in [2.75, 3.05) is 6.67 Å². The summed E-state index contributed by atoms with van der Waals surface area (Å²) in [6, 6.07) is 0. The molecule has 1 atom stereocenters. The second-order valence-corrected chi connectivity index (χ2v) is 1.24. The molecule has 0 rings (SSSR count). The first kappa shape index (κ1) is 5.71. The number of nitrogens with zero attached hydrogens (tertiary/aromatic N) is 1. The van der Waals surface area contributed by atoms with Gasteiger partial charge in [0, 0.05) is 0 Å². The van der Waals surface area contributed by atoms with Gasteiger partial charge in [-0.25, -0.2) is 4.39 Å². The summed E-state index contributed by atoms with van der Waals surface area (Å²) in [6.07, 6.45) is 0. The summed E-state index contributed by atoms with van der Waals surface area (Å²) in [7, 11) is 0. The van der Waals surface area contributed by atoms with Crippen LogP contribution in [-0.2, 0) is 0 Å². The van der Waals surface area contributed by atoms with E-state index in [-0.39, 0.29) is 0 Å². The lowest BCUT2D eigenvalue weighted by Crippen LogP contribution is -1.89. The summed E-state index contributed by atoms with van der Waals surface area (Å²) < 4.78 is 11.1. The van der Waals surface area contributed by atoms with Crippen molar-refractivity contribution in [1.82, 2.24) is 0 Å². The zero-order valence-corrected chi connectivity index (χ0v) is 3.82. The summed E-state index contributed by atoms with van der Waals surface area (Å²) in [6.45, 7) is 3.84. The van der Waals surface area contributed by atoms with Gasteiger partial charge in [0.1, 0.15) is 0 Å². The van der Waals surface area contributed by atoms with Crippen LogP contribution in [0.3, 0.4) is 0 Å². The minimum Gasteiger partial charge on any atom is -0.241 e. The van der Waals surface area contributed by atoms with Crippen LogP contribution in [0.15, 0.2) is 0 Å². The van der Waals surface area contributed by atoms with Gasteiger partial charge in [-0.15, -0.1) is 0 Å². The molecule has 0 bridgehead atoms. The van der Waals surface area contributed by atoms with Crippen LogP contribution < -0.4 is 0 Å². The van der Waals surface area contributed by atoms with E-state index in [0.717, 1.165) is 0 Å². The maximum absolute atomic E-state index is 11.1. The molecule has 0 aliphatic heterocycles. The molecule has 0 aromatic heterocycles. The zero-order valence-electron chi connectivity index (χ0n) is 3.06. The Balaban J connectivity index is 3.04. The second-order valence-electron chi connectivity index (χ2n) is 0.738. The van der Waals surface area contributed by atoms with E-state index in [9.17, 15) is 4.39 Å². The monoisotopic (exact) mass is 108 g/mol. The lowest BCUT2D eigenvalue weighted by Gasteiger charge is -1.71. The van der Waals surface area contributed by atoms with E-state index in [2.05, 4.69) is 11.4 Å². The van der Waals surface area contributed by atoms with Crippen LogP contribution in [0, 0.1) is 6.57 Å². The first-order valence-corrected chi connectivity index (χ1v) is 1.85. The van der Waals surface area contributed by atoms with Crippen LogP contribution in [0.1, 0.15) is 0 Å². The van der Waals surface area contributed by atoms with Crippen LogP contribution >= 0.6 is 11.6 Å². The molecule has 0 fully saturated rings. The van der Waals surface area contributed by atoms with E-state index >= 15 is 0 Å². The Labute approximate surface area is 40.5 Å². The smallest absolute Gasteiger partial charge is 0.241 e. The third kappa shape index (κ3) is 1.98. The van der Waals surface area contributed by atoms with E-state index < -0.39 is 12.2 Å². The van der Waals surface area contributed by atoms with Crippen molar-refractivity contribution in [2.24, 2.45) is 0 Å². The van der Waals surface area contributed by atoms with Gasteiger partial charge in [-0.2, -0.15) is 0 Å². The third-order valence-electron chi connectivity index (χ3n) is 0.289. The molecular formula is C3H4ClFN+. The minimum absolute atomic E-state index is 0.696. The van der Waals surface area contributed by atoms with E-state index in [1.54, 1.807) is 0 Å². The van der Waals surface area contributed by atoms with Crippen molar-refractivity contribution < 1.29 is 4.39 Å². The third-order valence-corrected chi connectivity index (χ3v) is 0.518. The molecule has 0 aliphatic carbocycles. The molecule has 0 radical (unpaired) electrons.